The summed E-state index contributed by atoms with van der Waals surface area (Å²) in [6.07, 6.45) is 2.59. The molecule has 24 heavy (non-hydrogen) atoms. The highest BCUT2D eigenvalue weighted by Crippen LogP contribution is 2.35. The lowest BCUT2D eigenvalue weighted by Gasteiger charge is -2.43. The van der Waals surface area contributed by atoms with Gasteiger partial charge >= 0.3 is 0 Å². The van der Waals surface area contributed by atoms with E-state index < -0.39 is 5.67 Å². The smallest absolute Gasteiger partial charge is 0.223 e. The van der Waals surface area contributed by atoms with E-state index in [4.69, 9.17) is 0 Å². The molecular formula is C15H21FN6OS. The van der Waals surface area contributed by atoms with E-state index in [-0.39, 0.29) is 19.0 Å². The lowest BCUT2D eigenvalue weighted by atomic mass is 9.92. The van der Waals surface area contributed by atoms with Crippen LogP contribution in [-0.2, 0) is 23.4 Å². The van der Waals surface area contributed by atoms with Crippen LogP contribution in [0.5, 0.6) is 0 Å². The lowest BCUT2D eigenvalue weighted by molar-refractivity contribution is -0.146. The molecule has 0 unspecified atom stereocenters. The maximum atomic E-state index is 14.8. The predicted octanol–water partition coefficient (Wildman–Crippen LogP) is 0.936. The number of halogens is 1. The number of aromatic nitrogens is 4. The number of rotatable bonds is 7. The fraction of sp³-hybridized carbons (Fsp3) is 0.600. The molecule has 1 aliphatic rings. The summed E-state index contributed by atoms with van der Waals surface area (Å²) in [6.45, 7) is 1.57. The van der Waals surface area contributed by atoms with Crippen molar-refractivity contribution in [1.82, 2.24) is 29.8 Å². The topological polar surface area (TPSA) is 67.2 Å². The van der Waals surface area contributed by atoms with E-state index in [1.54, 1.807) is 16.4 Å². The van der Waals surface area contributed by atoms with E-state index in [0.717, 1.165) is 12.2 Å². The predicted molar refractivity (Wildman–Crippen MR) is 88.4 cm³/mol. The zero-order valence-corrected chi connectivity index (χ0v) is 14.7. The number of likely N-dealkylation sites (N-methyl/N-ethyl adjacent to an activating group) is 1. The summed E-state index contributed by atoms with van der Waals surface area (Å²) in [5, 5.41) is 9.83. The number of aryl methyl sites for hydroxylation is 1. The molecule has 130 valence electrons. The zero-order chi connectivity index (χ0) is 17.2. The first-order valence-electron chi connectivity index (χ1n) is 7.85. The molecular weight excluding hydrogens is 331 g/mol. The van der Waals surface area contributed by atoms with E-state index in [0.29, 0.717) is 25.1 Å². The third kappa shape index (κ3) is 3.78. The molecule has 0 aliphatic carbocycles. The van der Waals surface area contributed by atoms with Gasteiger partial charge in [0.15, 0.2) is 5.67 Å². The SMILES string of the molecule is CN(C)CCn1cc(C2(F)CN(C(=O)CCc3cscn3)C2)nn1. The molecule has 0 spiro atoms. The lowest BCUT2D eigenvalue weighted by Crippen LogP contribution is -2.59. The Labute approximate surface area is 144 Å². The van der Waals surface area contributed by atoms with Crippen LogP contribution in [0, 0.1) is 0 Å². The highest BCUT2D eigenvalue weighted by molar-refractivity contribution is 7.07. The largest absolute Gasteiger partial charge is 0.335 e. The number of hydrogen-bond acceptors (Lipinski definition) is 6. The summed E-state index contributed by atoms with van der Waals surface area (Å²) < 4.78 is 16.5. The second kappa shape index (κ2) is 6.94. The minimum atomic E-state index is -1.58. The molecule has 0 bridgehead atoms. The second-order valence-electron chi connectivity index (χ2n) is 6.37. The number of carbonyl (C=O) groups is 1. The van der Waals surface area contributed by atoms with Crippen LogP contribution in [0.15, 0.2) is 17.1 Å². The minimum absolute atomic E-state index is 0.0451. The Morgan fingerprint density at radius 1 is 1.46 bits per heavy atom. The van der Waals surface area contributed by atoms with E-state index in [1.807, 2.05) is 24.4 Å². The summed E-state index contributed by atoms with van der Waals surface area (Å²) >= 11 is 1.51. The van der Waals surface area contributed by atoms with Crippen molar-refractivity contribution >= 4 is 17.2 Å². The maximum Gasteiger partial charge on any atom is 0.223 e. The molecule has 3 heterocycles. The van der Waals surface area contributed by atoms with Crippen LogP contribution in [0.3, 0.4) is 0 Å². The number of nitrogens with zero attached hydrogens (tertiary/aromatic N) is 6. The van der Waals surface area contributed by atoms with Crippen molar-refractivity contribution in [3.05, 3.63) is 28.5 Å². The van der Waals surface area contributed by atoms with Crippen molar-refractivity contribution in [2.24, 2.45) is 0 Å². The molecule has 0 N–H and O–H groups in total. The molecule has 7 nitrogen and oxygen atoms in total. The van der Waals surface area contributed by atoms with Gasteiger partial charge in [-0.15, -0.1) is 16.4 Å². The Morgan fingerprint density at radius 3 is 2.92 bits per heavy atom. The van der Waals surface area contributed by atoms with Gasteiger partial charge in [-0.1, -0.05) is 5.21 Å². The Morgan fingerprint density at radius 2 is 2.25 bits per heavy atom. The van der Waals surface area contributed by atoms with E-state index in [9.17, 15) is 9.18 Å². The molecule has 2 aromatic rings. The molecule has 0 aromatic carbocycles. The van der Waals surface area contributed by atoms with Crippen molar-refractivity contribution in [2.45, 2.75) is 25.1 Å². The number of thiazole rings is 1. The summed E-state index contributed by atoms with van der Waals surface area (Å²) in [4.78, 5) is 19.8. The highest BCUT2D eigenvalue weighted by Gasteiger charge is 2.49. The molecule has 0 saturated carbocycles. The van der Waals surface area contributed by atoms with Gasteiger partial charge in [-0.2, -0.15) is 0 Å². The Bertz CT molecular complexity index is 680. The Hall–Kier alpha value is -1.87. The summed E-state index contributed by atoms with van der Waals surface area (Å²) in [5.41, 5.74) is 1.39. The van der Waals surface area contributed by atoms with Gasteiger partial charge < -0.3 is 9.80 Å². The average molecular weight is 352 g/mol. The number of carbonyl (C=O) groups excluding carboxylic acids is 1. The molecule has 0 atom stereocenters. The van der Waals surface area contributed by atoms with Crippen molar-refractivity contribution in [2.75, 3.05) is 33.7 Å². The van der Waals surface area contributed by atoms with Crippen LogP contribution in [0.1, 0.15) is 17.8 Å². The summed E-state index contributed by atoms with van der Waals surface area (Å²) in [7, 11) is 3.94. The van der Waals surface area contributed by atoms with Crippen LogP contribution in [-0.4, -0.2) is 69.4 Å². The molecule has 0 radical (unpaired) electrons. The molecule has 1 aliphatic heterocycles. The van der Waals surface area contributed by atoms with Gasteiger partial charge in [-0.05, 0) is 20.5 Å². The van der Waals surface area contributed by atoms with Crippen molar-refractivity contribution < 1.29 is 9.18 Å². The van der Waals surface area contributed by atoms with E-state index in [2.05, 4.69) is 15.3 Å². The van der Waals surface area contributed by atoms with E-state index in [1.165, 1.54) is 16.2 Å². The molecule has 1 fully saturated rings. The van der Waals surface area contributed by atoms with Crippen LogP contribution < -0.4 is 0 Å². The van der Waals surface area contributed by atoms with Gasteiger partial charge in [0.2, 0.25) is 5.91 Å². The van der Waals surface area contributed by atoms with Gasteiger partial charge in [0.05, 0.1) is 37.0 Å². The van der Waals surface area contributed by atoms with Crippen molar-refractivity contribution in [3.8, 4) is 0 Å². The minimum Gasteiger partial charge on any atom is -0.335 e. The van der Waals surface area contributed by atoms with Crippen LogP contribution >= 0.6 is 11.3 Å². The zero-order valence-electron chi connectivity index (χ0n) is 13.9. The quantitative estimate of drug-likeness (QED) is 0.742. The van der Waals surface area contributed by atoms with Crippen molar-refractivity contribution in [3.63, 3.8) is 0 Å². The first kappa shape index (κ1) is 17.0. The van der Waals surface area contributed by atoms with Gasteiger partial charge in [0.25, 0.3) is 0 Å². The molecule has 1 amide bonds. The van der Waals surface area contributed by atoms with Gasteiger partial charge in [-0.25, -0.2) is 9.37 Å². The number of alkyl halides is 1. The number of amides is 1. The summed E-state index contributed by atoms with van der Waals surface area (Å²) in [5.74, 6) is -0.0451. The van der Waals surface area contributed by atoms with Crippen LogP contribution in [0.4, 0.5) is 4.39 Å². The van der Waals surface area contributed by atoms with Crippen molar-refractivity contribution in [1.29, 1.82) is 0 Å². The summed E-state index contributed by atoms with van der Waals surface area (Å²) in [6, 6.07) is 0. The first-order valence-corrected chi connectivity index (χ1v) is 8.80. The fourth-order valence-corrected chi connectivity index (χ4v) is 3.16. The van der Waals surface area contributed by atoms with Crippen LogP contribution in [0.2, 0.25) is 0 Å². The third-order valence-electron chi connectivity index (χ3n) is 4.09. The Balaban J connectivity index is 1.49. The molecule has 2 aromatic heterocycles. The highest BCUT2D eigenvalue weighted by atomic mass is 32.1. The average Bonchev–Trinajstić information content (AvgIpc) is 3.18. The van der Waals surface area contributed by atoms with E-state index >= 15 is 0 Å². The third-order valence-corrected chi connectivity index (χ3v) is 4.72. The monoisotopic (exact) mass is 352 g/mol. The maximum absolute atomic E-state index is 14.8. The van der Waals surface area contributed by atoms with Gasteiger partial charge in [0, 0.05) is 18.3 Å². The van der Waals surface area contributed by atoms with Crippen LogP contribution in [0.25, 0.3) is 0 Å². The molecule has 1 saturated heterocycles. The molecule has 3 rings (SSSR count). The standard InChI is InChI=1S/C15H21FN6OS/c1-20(2)5-6-22-7-13(18-19-22)15(16)9-21(10-15)14(23)4-3-12-8-24-11-17-12/h7-8,11H,3-6,9-10H2,1-2H3. The molecule has 9 heteroatoms. The number of hydrogen-bond donors (Lipinski definition) is 0. The Kier molecular flexibility index (Phi) is 4.91. The van der Waals surface area contributed by atoms with Gasteiger partial charge in [-0.3, -0.25) is 9.48 Å². The first-order chi connectivity index (χ1) is 11.5. The second-order valence-corrected chi connectivity index (χ2v) is 7.08. The van der Waals surface area contributed by atoms with Gasteiger partial charge in [0.1, 0.15) is 5.69 Å². The number of likely N-dealkylation sites (tertiary alicyclic amines) is 1. The normalized spacial score (nSPS) is 16.4. The fourth-order valence-electron chi connectivity index (χ4n) is 2.57.